The van der Waals surface area contributed by atoms with E-state index in [-0.39, 0.29) is 0 Å². The zero-order valence-corrected chi connectivity index (χ0v) is 15.8. The van der Waals surface area contributed by atoms with Crippen LogP contribution in [0, 0.1) is 5.92 Å². The molecule has 0 aliphatic carbocycles. The fourth-order valence-electron chi connectivity index (χ4n) is 4.44. The first kappa shape index (κ1) is 17.6. The fourth-order valence-corrected chi connectivity index (χ4v) is 4.44. The zero-order valence-electron chi connectivity index (χ0n) is 15.8. The molecule has 0 amide bonds. The maximum atomic E-state index is 5.98. The summed E-state index contributed by atoms with van der Waals surface area (Å²) in [7, 11) is 4.26. The minimum atomic E-state index is 0.333. The number of pyridine rings is 1. The van der Waals surface area contributed by atoms with Crippen molar-refractivity contribution in [3.63, 3.8) is 0 Å². The summed E-state index contributed by atoms with van der Waals surface area (Å²) in [6.07, 6.45) is 8.38. The van der Waals surface area contributed by atoms with Crippen LogP contribution in [0.3, 0.4) is 0 Å². The van der Waals surface area contributed by atoms with Gasteiger partial charge in [-0.15, -0.1) is 0 Å². The number of likely N-dealkylation sites (tertiary alicyclic amines) is 2. The monoisotopic (exact) mass is 355 g/mol. The van der Waals surface area contributed by atoms with Gasteiger partial charge in [-0.25, -0.2) is 0 Å². The van der Waals surface area contributed by atoms with Crippen LogP contribution in [0.15, 0.2) is 36.8 Å². The van der Waals surface area contributed by atoms with Gasteiger partial charge in [-0.3, -0.25) is 19.5 Å². The molecule has 26 heavy (non-hydrogen) atoms. The van der Waals surface area contributed by atoms with E-state index in [2.05, 4.69) is 33.1 Å². The molecular weight excluding hydrogens is 326 g/mol. The number of piperidine rings is 1. The smallest absolute Gasteiger partial charge is 0.0887 e. The van der Waals surface area contributed by atoms with Crippen molar-refractivity contribution in [2.75, 3.05) is 33.3 Å². The van der Waals surface area contributed by atoms with E-state index in [1.165, 1.54) is 24.9 Å². The van der Waals surface area contributed by atoms with Crippen molar-refractivity contribution in [2.24, 2.45) is 13.0 Å². The zero-order chi connectivity index (χ0) is 18.0. The first-order valence-electron chi connectivity index (χ1n) is 9.52. The van der Waals surface area contributed by atoms with E-state index < -0.39 is 0 Å². The van der Waals surface area contributed by atoms with Crippen LogP contribution >= 0.6 is 0 Å². The second-order valence-electron chi connectivity index (χ2n) is 8.01. The Kier molecular flexibility index (Phi) is 5.07. The van der Waals surface area contributed by atoms with Crippen LogP contribution in [-0.2, 0) is 24.9 Å². The highest BCUT2D eigenvalue weighted by Gasteiger charge is 2.49. The quantitative estimate of drug-likeness (QED) is 0.792. The molecule has 4 rings (SSSR count). The number of rotatable bonds is 6. The van der Waals surface area contributed by atoms with Crippen LogP contribution in [0.25, 0.3) is 0 Å². The van der Waals surface area contributed by atoms with E-state index in [1.807, 2.05) is 42.3 Å². The van der Waals surface area contributed by atoms with Crippen LogP contribution in [-0.4, -0.2) is 63.4 Å². The Hall–Kier alpha value is -1.76. The lowest BCUT2D eigenvalue weighted by atomic mass is 9.75. The van der Waals surface area contributed by atoms with Gasteiger partial charge in [0.2, 0.25) is 0 Å². The molecule has 6 nitrogen and oxygen atoms in total. The Morgan fingerprint density at radius 3 is 2.88 bits per heavy atom. The van der Waals surface area contributed by atoms with Crippen molar-refractivity contribution in [3.8, 4) is 0 Å². The number of hydrogen-bond donors (Lipinski definition) is 0. The van der Waals surface area contributed by atoms with E-state index >= 15 is 0 Å². The van der Waals surface area contributed by atoms with Gasteiger partial charge in [-0.2, -0.15) is 5.10 Å². The number of nitrogens with zero attached hydrogens (tertiary/aromatic N) is 5. The molecule has 4 heterocycles. The van der Waals surface area contributed by atoms with Crippen molar-refractivity contribution < 1.29 is 4.74 Å². The molecule has 2 aliphatic heterocycles. The highest BCUT2D eigenvalue weighted by Crippen LogP contribution is 2.38. The molecule has 2 aromatic heterocycles. The van der Waals surface area contributed by atoms with Crippen molar-refractivity contribution in [3.05, 3.63) is 48.0 Å². The van der Waals surface area contributed by atoms with E-state index in [4.69, 9.17) is 4.74 Å². The summed E-state index contributed by atoms with van der Waals surface area (Å²) in [4.78, 5) is 9.44. The number of ether oxygens (including phenoxy) is 1. The number of hydrogen-bond acceptors (Lipinski definition) is 5. The molecule has 0 bridgehead atoms. The van der Waals surface area contributed by atoms with Crippen LogP contribution in [0.5, 0.6) is 0 Å². The maximum absolute atomic E-state index is 5.98. The van der Waals surface area contributed by atoms with Gasteiger partial charge in [0, 0.05) is 50.2 Å². The SMILES string of the molecule is CN1CC[C@H](COCc2ccccn2)CC12CN(Cc1cnn(C)c1)C2. The Labute approximate surface area is 155 Å². The molecule has 2 aromatic rings. The predicted molar refractivity (Wildman–Crippen MR) is 100 cm³/mol. The third-order valence-corrected chi connectivity index (χ3v) is 5.88. The molecule has 0 N–H and O–H groups in total. The average molecular weight is 355 g/mol. The van der Waals surface area contributed by atoms with E-state index in [9.17, 15) is 0 Å². The molecule has 0 saturated carbocycles. The summed E-state index contributed by atoms with van der Waals surface area (Å²) in [5.74, 6) is 0.649. The van der Waals surface area contributed by atoms with Crippen molar-refractivity contribution in [1.29, 1.82) is 0 Å². The third-order valence-electron chi connectivity index (χ3n) is 5.88. The lowest BCUT2D eigenvalue weighted by molar-refractivity contribution is -0.0936. The molecule has 0 aromatic carbocycles. The third kappa shape index (κ3) is 3.82. The summed E-state index contributed by atoms with van der Waals surface area (Å²) in [5.41, 5.74) is 2.65. The molecule has 140 valence electrons. The van der Waals surface area contributed by atoms with E-state index in [1.54, 1.807) is 0 Å². The summed E-state index contributed by atoms with van der Waals surface area (Å²) in [6, 6.07) is 5.98. The molecule has 2 saturated heterocycles. The van der Waals surface area contributed by atoms with Gasteiger partial charge in [-0.05, 0) is 44.5 Å². The van der Waals surface area contributed by atoms with Crippen LogP contribution in [0.4, 0.5) is 0 Å². The van der Waals surface area contributed by atoms with Gasteiger partial charge in [0.25, 0.3) is 0 Å². The van der Waals surface area contributed by atoms with Crippen LogP contribution in [0.1, 0.15) is 24.1 Å². The summed E-state index contributed by atoms with van der Waals surface area (Å²) in [5, 5.41) is 4.28. The summed E-state index contributed by atoms with van der Waals surface area (Å²) < 4.78 is 7.86. The molecule has 6 heteroatoms. The standard InChI is InChI=1S/C20H29N5O/c1-23-8-6-17(13-26-14-19-5-3-4-7-21-19)9-20(23)15-25(16-20)12-18-10-22-24(2)11-18/h3-5,7,10-11,17H,6,8-9,12-16H2,1-2H3/t17-/m0/s1. The lowest BCUT2D eigenvalue weighted by Crippen LogP contribution is -2.71. The first-order valence-corrected chi connectivity index (χ1v) is 9.52. The number of likely N-dealkylation sites (N-methyl/N-ethyl adjacent to an activating group) is 1. The lowest BCUT2D eigenvalue weighted by Gasteiger charge is -2.58. The second kappa shape index (κ2) is 7.47. The normalized spacial score (nSPS) is 23.2. The van der Waals surface area contributed by atoms with Crippen LogP contribution < -0.4 is 0 Å². The maximum Gasteiger partial charge on any atom is 0.0887 e. The van der Waals surface area contributed by atoms with Gasteiger partial charge >= 0.3 is 0 Å². The van der Waals surface area contributed by atoms with Gasteiger partial charge in [0.15, 0.2) is 0 Å². The van der Waals surface area contributed by atoms with Gasteiger partial charge < -0.3 is 4.74 Å². The second-order valence-corrected chi connectivity index (χ2v) is 8.01. The topological polar surface area (TPSA) is 46.4 Å². The van der Waals surface area contributed by atoms with Gasteiger partial charge in [-0.1, -0.05) is 6.07 Å². The Morgan fingerprint density at radius 2 is 2.15 bits per heavy atom. The Balaban J connectivity index is 1.26. The highest BCUT2D eigenvalue weighted by molar-refractivity contribution is 5.11. The largest absolute Gasteiger partial charge is 0.375 e. The minimum absolute atomic E-state index is 0.333. The number of aromatic nitrogens is 3. The van der Waals surface area contributed by atoms with Gasteiger partial charge in [0.05, 0.1) is 25.1 Å². The highest BCUT2D eigenvalue weighted by atomic mass is 16.5. The van der Waals surface area contributed by atoms with Crippen molar-refractivity contribution in [2.45, 2.75) is 31.5 Å². The number of aryl methyl sites for hydroxylation is 1. The first-order chi connectivity index (χ1) is 12.6. The molecule has 0 unspecified atom stereocenters. The van der Waals surface area contributed by atoms with Gasteiger partial charge in [0.1, 0.15) is 0 Å². The average Bonchev–Trinajstić information content (AvgIpc) is 3.02. The minimum Gasteiger partial charge on any atom is -0.375 e. The Bertz CT molecular complexity index is 710. The summed E-state index contributed by atoms with van der Waals surface area (Å²) >= 11 is 0. The van der Waals surface area contributed by atoms with E-state index in [0.29, 0.717) is 18.1 Å². The van der Waals surface area contributed by atoms with E-state index in [0.717, 1.165) is 31.9 Å². The van der Waals surface area contributed by atoms with Crippen LogP contribution in [0.2, 0.25) is 0 Å². The van der Waals surface area contributed by atoms with Crippen molar-refractivity contribution >= 4 is 0 Å². The fraction of sp³-hybridized carbons (Fsp3) is 0.600. The molecule has 1 atom stereocenters. The summed E-state index contributed by atoms with van der Waals surface area (Å²) in [6.45, 7) is 5.93. The molecule has 0 radical (unpaired) electrons. The molecular formula is C20H29N5O. The molecule has 2 fully saturated rings. The Morgan fingerprint density at radius 1 is 1.27 bits per heavy atom. The molecule has 1 spiro atoms. The predicted octanol–water partition coefficient (Wildman–Crippen LogP) is 1.93. The van der Waals surface area contributed by atoms with Crippen molar-refractivity contribution in [1.82, 2.24) is 24.6 Å². The molecule has 2 aliphatic rings.